The number of hydrogen-bond acceptors (Lipinski definition) is 4. The number of ether oxygens (including phenoxy) is 2. The molecule has 1 unspecified atom stereocenters. The van der Waals surface area contributed by atoms with Crippen molar-refractivity contribution in [3.8, 4) is 0 Å². The van der Waals surface area contributed by atoms with E-state index in [1.165, 1.54) is 0 Å². The smallest absolute Gasteiger partial charge is 0.173 e. The average molecular weight is 190 g/mol. The highest BCUT2D eigenvalue weighted by molar-refractivity contribution is 4.67. The number of hydrazine groups is 1. The molecule has 4 nitrogen and oxygen atoms in total. The van der Waals surface area contributed by atoms with Gasteiger partial charge in [0.15, 0.2) is 6.29 Å². The summed E-state index contributed by atoms with van der Waals surface area (Å²) in [5.41, 5.74) is 2.72. The van der Waals surface area contributed by atoms with E-state index in [-0.39, 0.29) is 12.3 Å². The Morgan fingerprint density at radius 3 is 2.00 bits per heavy atom. The lowest BCUT2D eigenvalue weighted by Crippen LogP contribution is -2.46. The molecule has 0 saturated carbocycles. The van der Waals surface area contributed by atoms with Crippen LogP contribution in [0.2, 0.25) is 0 Å². The third-order valence-corrected chi connectivity index (χ3v) is 1.80. The van der Waals surface area contributed by atoms with Crippen molar-refractivity contribution in [3.05, 3.63) is 0 Å². The van der Waals surface area contributed by atoms with Crippen molar-refractivity contribution in [1.29, 1.82) is 0 Å². The highest BCUT2D eigenvalue weighted by Crippen LogP contribution is 2.07. The minimum Gasteiger partial charge on any atom is -0.351 e. The first-order valence-electron chi connectivity index (χ1n) is 4.99. The molecule has 0 fully saturated rings. The van der Waals surface area contributed by atoms with E-state index in [4.69, 9.17) is 15.3 Å². The summed E-state index contributed by atoms with van der Waals surface area (Å²) in [6.07, 6.45) is 1.80. The summed E-state index contributed by atoms with van der Waals surface area (Å²) >= 11 is 0. The molecule has 0 aliphatic heterocycles. The van der Waals surface area contributed by atoms with E-state index in [1.54, 1.807) is 0 Å². The minimum absolute atomic E-state index is 0.0879. The lowest BCUT2D eigenvalue weighted by Gasteiger charge is -2.25. The quantitative estimate of drug-likeness (QED) is 0.341. The van der Waals surface area contributed by atoms with Crippen molar-refractivity contribution < 1.29 is 9.47 Å². The van der Waals surface area contributed by atoms with Crippen LogP contribution in [0.15, 0.2) is 0 Å². The molecule has 13 heavy (non-hydrogen) atoms. The lowest BCUT2D eigenvalue weighted by molar-refractivity contribution is -0.155. The van der Waals surface area contributed by atoms with Gasteiger partial charge in [-0.1, -0.05) is 13.3 Å². The topological polar surface area (TPSA) is 56.5 Å². The predicted octanol–water partition coefficient (Wildman–Crippen LogP) is 1.02. The number of rotatable bonds is 8. The summed E-state index contributed by atoms with van der Waals surface area (Å²) in [4.78, 5) is 0. The van der Waals surface area contributed by atoms with Crippen LogP contribution in [-0.2, 0) is 9.47 Å². The number of hydrogen-bond donors (Lipinski definition) is 2. The Labute approximate surface area is 80.7 Å². The van der Waals surface area contributed by atoms with Gasteiger partial charge in [-0.05, 0) is 20.3 Å². The summed E-state index contributed by atoms with van der Waals surface area (Å²) in [6, 6.07) is 0.0879. The average Bonchev–Trinajstić information content (AvgIpc) is 2.14. The minimum atomic E-state index is -0.222. The van der Waals surface area contributed by atoms with Crippen LogP contribution in [-0.4, -0.2) is 25.5 Å². The Kier molecular flexibility index (Phi) is 8.33. The summed E-state index contributed by atoms with van der Waals surface area (Å²) in [7, 11) is 0. The summed E-state index contributed by atoms with van der Waals surface area (Å²) in [6.45, 7) is 7.30. The van der Waals surface area contributed by atoms with Crippen LogP contribution in [0.25, 0.3) is 0 Å². The normalized spacial score (nSPS) is 13.6. The number of nitrogens with one attached hydrogen (secondary N) is 1. The zero-order valence-corrected chi connectivity index (χ0v) is 8.88. The van der Waals surface area contributed by atoms with Gasteiger partial charge in [-0.15, -0.1) is 0 Å². The highest BCUT2D eigenvalue weighted by Gasteiger charge is 2.19. The van der Waals surface area contributed by atoms with E-state index in [0.717, 1.165) is 12.8 Å². The molecule has 80 valence electrons. The fourth-order valence-corrected chi connectivity index (χ4v) is 1.22. The Balaban J connectivity index is 3.94. The molecule has 0 spiro atoms. The maximum Gasteiger partial charge on any atom is 0.173 e. The van der Waals surface area contributed by atoms with Gasteiger partial charge in [0.25, 0.3) is 0 Å². The molecule has 3 N–H and O–H groups in total. The second-order valence-corrected chi connectivity index (χ2v) is 2.84. The maximum absolute atomic E-state index is 5.42. The first-order chi connectivity index (χ1) is 6.29. The fraction of sp³-hybridized carbons (Fsp3) is 1.00. The molecule has 0 aliphatic rings. The molecule has 0 heterocycles. The lowest BCUT2D eigenvalue weighted by atomic mass is 10.2. The number of nitrogens with two attached hydrogens (primary N) is 1. The van der Waals surface area contributed by atoms with Gasteiger partial charge in [-0.25, -0.2) is 0 Å². The SMILES string of the molecule is CCCC(NN)C(OCC)OCC. The zero-order chi connectivity index (χ0) is 10.1. The van der Waals surface area contributed by atoms with E-state index >= 15 is 0 Å². The molecule has 0 aromatic rings. The van der Waals surface area contributed by atoms with E-state index in [9.17, 15) is 0 Å². The van der Waals surface area contributed by atoms with Crippen molar-refractivity contribution in [2.24, 2.45) is 5.84 Å². The van der Waals surface area contributed by atoms with Crippen molar-refractivity contribution in [2.45, 2.75) is 45.9 Å². The van der Waals surface area contributed by atoms with Gasteiger partial charge in [0.05, 0.1) is 6.04 Å². The molecular formula is C9H22N2O2. The van der Waals surface area contributed by atoms with Gasteiger partial charge in [0.1, 0.15) is 0 Å². The van der Waals surface area contributed by atoms with Gasteiger partial charge >= 0.3 is 0 Å². The van der Waals surface area contributed by atoms with Crippen LogP contribution in [0.3, 0.4) is 0 Å². The van der Waals surface area contributed by atoms with Crippen LogP contribution < -0.4 is 11.3 Å². The molecule has 0 amide bonds. The molecule has 0 radical (unpaired) electrons. The molecule has 0 rings (SSSR count). The first-order valence-corrected chi connectivity index (χ1v) is 4.99. The van der Waals surface area contributed by atoms with Gasteiger partial charge in [0.2, 0.25) is 0 Å². The molecule has 4 heteroatoms. The van der Waals surface area contributed by atoms with E-state index < -0.39 is 0 Å². The van der Waals surface area contributed by atoms with E-state index in [0.29, 0.717) is 13.2 Å². The molecule has 0 aliphatic carbocycles. The fourth-order valence-electron chi connectivity index (χ4n) is 1.22. The zero-order valence-electron chi connectivity index (χ0n) is 8.88. The molecule has 0 aromatic heterocycles. The highest BCUT2D eigenvalue weighted by atomic mass is 16.7. The molecular weight excluding hydrogens is 168 g/mol. The first kappa shape index (κ1) is 12.8. The Hall–Kier alpha value is -0.160. The summed E-state index contributed by atoms with van der Waals surface area (Å²) in [5.74, 6) is 5.41. The summed E-state index contributed by atoms with van der Waals surface area (Å²) < 4.78 is 10.8. The van der Waals surface area contributed by atoms with Crippen molar-refractivity contribution in [3.63, 3.8) is 0 Å². The second kappa shape index (κ2) is 8.44. The van der Waals surface area contributed by atoms with Crippen molar-refractivity contribution in [2.75, 3.05) is 13.2 Å². The van der Waals surface area contributed by atoms with Crippen LogP contribution in [0.5, 0.6) is 0 Å². The van der Waals surface area contributed by atoms with Crippen LogP contribution in [0.4, 0.5) is 0 Å². The van der Waals surface area contributed by atoms with Crippen molar-refractivity contribution >= 4 is 0 Å². The summed E-state index contributed by atoms with van der Waals surface area (Å²) in [5, 5.41) is 0. The van der Waals surface area contributed by atoms with Gasteiger partial charge in [-0.2, -0.15) is 0 Å². The van der Waals surface area contributed by atoms with Crippen LogP contribution in [0, 0.1) is 0 Å². The standard InChI is InChI=1S/C9H22N2O2/c1-4-7-8(11-10)9(12-5-2)13-6-3/h8-9,11H,4-7,10H2,1-3H3. The van der Waals surface area contributed by atoms with E-state index in [2.05, 4.69) is 12.3 Å². The van der Waals surface area contributed by atoms with Crippen LogP contribution >= 0.6 is 0 Å². The van der Waals surface area contributed by atoms with Gasteiger partial charge < -0.3 is 9.47 Å². The third-order valence-electron chi connectivity index (χ3n) is 1.80. The van der Waals surface area contributed by atoms with E-state index in [1.807, 2.05) is 13.8 Å². The Morgan fingerprint density at radius 2 is 1.69 bits per heavy atom. The van der Waals surface area contributed by atoms with Gasteiger partial charge in [-0.3, -0.25) is 11.3 Å². The largest absolute Gasteiger partial charge is 0.351 e. The van der Waals surface area contributed by atoms with Crippen LogP contribution in [0.1, 0.15) is 33.6 Å². The molecule has 1 atom stereocenters. The Bertz CT molecular complexity index is 106. The van der Waals surface area contributed by atoms with Gasteiger partial charge in [0, 0.05) is 13.2 Å². The predicted molar refractivity (Wildman–Crippen MR) is 53.1 cm³/mol. The maximum atomic E-state index is 5.42. The van der Waals surface area contributed by atoms with Crippen molar-refractivity contribution in [1.82, 2.24) is 5.43 Å². The third kappa shape index (κ3) is 5.21. The molecule has 0 aromatic carbocycles. The Morgan fingerprint density at radius 1 is 1.15 bits per heavy atom. The monoisotopic (exact) mass is 190 g/mol. The molecule has 0 saturated heterocycles. The second-order valence-electron chi connectivity index (χ2n) is 2.84. The molecule has 0 bridgehead atoms.